The molecule has 4 rings (SSSR count). The van der Waals surface area contributed by atoms with E-state index in [1.165, 1.54) is 0 Å². The molecular formula is C20H16N4Ru+2. The molecular weight excluding hydrogens is 397 g/mol. The van der Waals surface area contributed by atoms with Crippen LogP contribution in [0.3, 0.4) is 0 Å². The molecule has 0 spiro atoms. The van der Waals surface area contributed by atoms with Crippen LogP contribution < -0.4 is 0 Å². The fourth-order valence-electron chi connectivity index (χ4n) is 2.06. The van der Waals surface area contributed by atoms with Gasteiger partial charge in [-0.3, -0.25) is 19.9 Å². The molecule has 4 nitrogen and oxygen atoms in total. The van der Waals surface area contributed by atoms with Gasteiger partial charge in [0.05, 0.1) is 22.8 Å². The Balaban J connectivity index is 0.000000173. The van der Waals surface area contributed by atoms with Gasteiger partial charge in [-0.25, -0.2) is 0 Å². The number of hydrogen-bond donors (Lipinski definition) is 0. The van der Waals surface area contributed by atoms with E-state index >= 15 is 0 Å². The van der Waals surface area contributed by atoms with Crippen LogP contribution >= 0.6 is 0 Å². The van der Waals surface area contributed by atoms with Gasteiger partial charge in [0.1, 0.15) is 0 Å². The second-order valence-electron chi connectivity index (χ2n) is 4.86. The Morgan fingerprint density at radius 1 is 0.360 bits per heavy atom. The molecule has 25 heavy (non-hydrogen) atoms. The number of pyridine rings is 4. The summed E-state index contributed by atoms with van der Waals surface area (Å²) in [4.78, 5) is 16.7. The first-order valence-electron chi connectivity index (χ1n) is 7.58. The summed E-state index contributed by atoms with van der Waals surface area (Å²) in [6.45, 7) is 0. The monoisotopic (exact) mass is 414 g/mol. The van der Waals surface area contributed by atoms with Gasteiger partial charge in [-0.15, -0.1) is 0 Å². The molecule has 0 aromatic carbocycles. The molecule has 0 N–H and O–H groups in total. The Bertz CT molecular complexity index is 692. The fourth-order valence-corrected chi connectivity index (χ4v) is 2.06. The maximum atomic E-state index is 4.19. The standard InChI is InChI=1S/2C10H8N2.Ru/c2*1-3-7-11-9(5-1)10-6-2-4-8-12-10;/h2*1-8H;/q;;+2. The van der Waals surface area contributed by atoms with Crippen LogP contribution in [0.25, 0.3) is 22.8 Å². The summed E-state index contributed by atoms with van der Waals surface area (Å²) in [6, 6.07) is 23.2. The summed E-state index contributed by atoms with van der Waals surface area (Å²) in [5.41, 5.74) is 3.66. The van der Waals surface area contributed by atoms with Crippen molar-refractivity contribution < 1.29 is 19.5 Å². The molecule has 0 amide bonds. The van der Waals surface area contributed by atoms with E-state index in [-0.39, 0.29) is 19.5 Å². The Morgan fingerprint density at radius 3 is 0.760 bits per heavy atom. The van der Waals surface area contributed by atoms with Gasteiger partial charge in [0.15, 0.2) is 0 Å². The third-order valence-corrected chi connectivity index (χ3v) is 3.18. The van der Waals surface area contributed by atoms with E-state index in [9.17, 15) is 0 Å². The molecule has 0 unspecified atom stereocenters. The third kappa shape index (κ3) is 5.66. The van der Waals surface area contributed by atoms with E-state index in [4.69, 9.17) is 0 Å². The molecule has 0 aliphatic carbocycles. The summed E-state index contributed by atoms with van der Waals surface area (Å²) in [7, 11) is 0. The second kappa shape index (κ2) is 10.2. The molecule has 4 aromatic heterocycles. The average molecular weight is 413 g/mol. The van der Waals surface area contributed by atoms with Crippen LogP contribution in [-0.2, 0) is 19.5 Å². The second-order valence-corrected chi connectivity index (χ2v) is 4.86. The number of hydrogen-bond acceptors (Lipinski definition) is 4. The molecule has 0 fully saturated rings. The molecule has 0 atom stereocenters. The van der Waals surface area contributed by atoms with Crippen LogP contribution in [0, 0.1) is 0 Å². The van der Waals surface area contributed by atoms with Crippen LogP contribution in [0.2, 0.25) is 0 Å². The molecule has 0 aliphatic rings. The number of rotatable bonds is 2. The zero-order valence-corrected chi connectivity index (χ0v) is 15.1. The number of aromatic nitrogens is 4. The van der Waals surface area contributed by atoms with Gasteiger partial charge < -0.3 is 0 Å². The van der Waals surface area contributed by atoms with Crippen molar-refractivity contribution in [2.45, 2.75) is 0 Å². The molecule has 0 saturated heterocycles. The van der Waals surface area contributed by atoms with Gasteiger partial charge >= 0.3 is 19.5 Å². The van der Waals surface area contributed by atoms with Crippen LogP contribution in [0.4, 0.5) is 0 Å². The first kappa shape index (κ1) is 18.6. The maximum Gasteiger partial charge on any atom is 2.00 e. The minimum Gasteiger partial charge on any atom is -0.255 e. The van der Waals surface area contributed by atoms with Crippen LogP contribution in [0.5, 0.6) is 0 Å². The van der Waals surface area contributed by atoms with Crippen molar-refractivity contribution >= 4 is 0 Å². The van der Waals surface area contributed by atoms with E-state index in [0.29, 0.717) is 0 Å². The van der Waals surface area contributed by atoms with E-state index in [0.717, 1.165) is 22.8 Å². The van der Waals surface area contributed by atoms with Crippen molar-refractivity contribution in [3.63, 3.8) is 0 Å². The largest absolute Gasteiger partial charge is 2.00 e. The average Bonchev–Trinajstić information content (AvgIpc) is 2.71. The van der Waals surface area contributed by atoms with Gasteiger partial charge in [0.25, 0.3) is 0 Å². The van der Waals surface area contributed by atoms with E-state index < -0.39 is 0 Å². The quantitative estimate of drug-likeness (QED) is 0.460. The molecule has 0 radical (unpaired) electrons. The summed E-state index contributed by atoms with van der Waals surface area (Å²) in [6.07, 6.45) is 7.07. The Kier molecular flexibility index (Phi) is 7.55. The predicted octanol–water partition coefficient (Wildman–Crippen LogP) is 4.28. The van der Waals surface area contributed by atoms with Gasteiger partial charge in [0.2, 0.25) is 0 Å². The van der Waals surface area contributed by atoms with Crippen LogP contribution in [0.15, 0.2) is 97.6 Å². The molecule has 5 heteroatoms. The maximum absolute atomic E-state index is 4.19. The Hall–Kier alpha value is -2.78. The Labute approximate surface area is 159 Å². The zero-order valence-electron chi connectivity index (χ0n) is 13.4. The van der Waals surface area contributed by atoms with Crippen molar-refractivity contribution in [1.82, 2.24) is 19.9 Å². The van der Waals surface area contributed by atoms with Gasteiger partial charge in [-0.2, -0.15) is 0 Å². The molecule has 0 bridgehead atoms. The summed E-state index contributed by atoms with van der Waals surface area (Å²) in [5.74, 6) is 0. The molecule has 4 heterocycles. The van der Waals surface area contributed by atoms with Crippen molar-refractivity contribution in [2.75, 3.05) is 0 Å². The number of nitrogens with zero attached hydrogens (tertiary/aromatic N) is 4. The normalized spacial score (nSPS) is 9.28. The van der Waals surface area contributed by atoms with Crippen molar-refractivity contribution in [3.05, 3.63) is 97.6 Å². The molecule has 0 aliphatic heterocycles. The summed E-state index contributed by atoms with van der Waals surface area (Å²) < 4.78 is 0. The predicted molar refractivity (Wildman–Crippen MR) is 94.9 cm³/mol. The van der Waals surface area contributed by atoms with Gasteiger partial charge in [0, 0.05) is 24.8 Å². The summed E-state index contributed by atoms with van der Waals surface area (Å²) in [5, 5.41) is 0. The minimum absolute atomic E-state index is 0. The summed E-state index contributed by atoms with van der Waals surface area (Å²) >= 11 is 0. The van der Waals surface area contributed by atoms with Crippen LogP contribution in [0.1, 0.15) is 0 Å². The van der Waals surface area contributed by atoms with E-state index in [2.05, 4.69) is 19.9 Å². The topological polar surface area (TPSA) is 51.6 Å². The van der Waals surface area contributed by atoms with Crippen molar-refractivity contribution in [1.29, 1.82) is 0 Å². The molecule has 122 valence electrons. The fraction of sp³-hybridized carbons (Fsp3) is 0. The van der Waals surface area contributed by atoms with E-state index in [1.54, 1.807) is 24.8 Å². The van der Waals surface area contributed by atoms with Gasteiger partial charge in [-0.1, -0.05) is 24.3 Å². The Morgan fingerprint density at radius 2 is 0.600 bits per heavy atom. The van der Waals surface area contributed by atoms with Crippen LogP contribution in [-0.4, -0.2) is 19.9 Å². The first-order chi connectivity index (χ1) is 11.9. The SMILES string of the molecule is [Ru+2].c1ccc(-c2ccccn2)nc1.c1ccc(-c2ccccn2)nc1. The smallest absolute Gasteiger partial charge is 0.255 e. The van der Waals surface area contributed by atoms with Crippen molar-refractivity contribution in [3.8, 4) is 22.8 Å². The molecule has 4 aromatic rings. The van der Waals surface area contributed by atoms with Crippen molar-refractivity contribution in [2.24, 2.45) is 0 Å². The van der Waals surface area contributed by atoms with Gasteiger partial charge in [-0.05, 0) is 48.5 Å². The first-order valence-corrected chi connectivity index (χ1v) is 7.58. The molecule has 0 saturated carbocycles. The van der Waals surface area contributed by atoms with E-state index in [1.807, 2.05) is 72.8 Å². The minimum atomic E-state index is 0. The third-order valence-electron chi connectivity index (χ3n) is 3.18. The zero-order chi connectivity index (χ0) is 16.5.